The first-order chi connectivity index (χ1) is 12.2. The molecule has 7 heteroatoms. The Morgan fingerprint density at radius 3 is 2.84 bits per heavy atom. The highest BCUT2D eigenvalue weighted by Crippen LogP contribution is 2.25. The van der Waals surface area contributed by atoms with Crippen LogP contribution in [-0.4, -0.2) is 45.0 Å². The molecular weight excluding hydrogens is 318 g/mol. The summed E-state index contributed by atoms with van der Waals surface area (Å²) in [6.07, 6.45) is 4.68. The van der Waals surface area contributed by atoms with E-state index in [1.54, 1.807) is 12.1 Å². The summed E-state index contributed by atoms with van der Waals surface area (Å²) >= 11 is 0. The largest absolute Gasteiger partial charge is 0.348 e. The molecule has 25 heavy (non-hydrogen) atoms. The van der Waals surface area contributed by atoms with E-state index in [0.29, 0.717) is 18.7 Å². The van der Waals surface area contributed by atoms with Gasteiger partial charge in [-0.15, -0.1) is 0 Å². The van der Waals surface area contributed by atoms with Gasteiger partial charge in [-0.05, 0) is 36.6 Å². The Hall–Kier alpha value is -2.96. The molecule has 2 N–H and O–H groups in total. The molecule has 2 amide bonds. The van der Waals surface area contributed by atoms with Gasteiger partial charge in [-0.1, -0.05) is 18.7 Å². The van der Waals surface area contributed by atoms with Gasteiger partial charge < -0.3 is 10.2 Å². The van der Waals surface area contributed by atoms with Gasteiger partial charge in [0.05, 0.1) is 0 Å². The number of carbonyl (C=O) groups is 2. The van der Waals surface area contributed by atoms with Crippen molar-refractivity contribution in [2.75, 3.05) is 13.1 Å². The molecule has 1 aliphatic heterocycles. The summed E-state index contributed by atoms with van der Waals surface area (Å²) in [6.45, 7) is 5.22. The van der Waals surface area contributed by atoms with Crippen molar-refractivity contribution in [1.29, 1.82) is 0 Å². The van der Waals surface area contributed by atoms with Crippen molar-refractivity contribution in [3.63, 3.8) is 0 Å². The third kappa shape index (κ3) is 4.12. The average molecular weight is 339 g/mol. The maximum Gasteiger partial charge on any atom is 0.253 e. The van der Waals surface area contributed by atoms with Crippen LogP contribution in [0.15, 0.2) is 43.2 Å². The number of hydrogen-bond acceptors (Lipinski definition) is 4. The van der Waals surface area contributed by atoms with Gasteiger partial charge >= 0.3 is 0 Å². The van der Waals surface area contributed by atoms with Crippen LogP contribution in [0.5, 0.6) is 0 Å². The SMILES string of the molecule is C=CC(=O)NCc1ccc(C(=O)N2CCCC(c3ncn[nH]3)C2)cc1. The first kappa shape index (κ1) is 16.9. The molecule has 2 aromatic rings. The molecule has 0 aliphatic carbocycles. The molecule has 0 saturated carbocycles. The van der Waals surface area contributed by atoms with E-state index in [4.69, 9.17) is 0 Å². The lowest BCUT2D eigenvalue weighted by atomic mass is 9.96. The fourth-order valence-electron chi connectivity index (χ4n) is 3.01. The minimum Gasteiger partial charge on any atom is -0.348 e. The molecule has 1 aliphatic rings. The number of amides is 2. The van der Waals surface area contributed by atoms with Crippen LogP contribution in [0.2, 0.25) is 0 Å². The fraction of sp³-hybridized carbons (Fsp3) is 0.333. The molecule has 0 spiro atoms. The van der Waals surface area contributed by atoms with Crippen molar-refractivity contribution >= 4 is 11.8 Å². The van der Waals surface area contributed by atoms with Crippen molar-refractivity contribution in [3.8, 4) is 0 Å². The Kier molecular flexibility index (Phi) is 5.23. The summed E-state index contributed by atoms with van der Waals surface area (Å²) in [7, 11) is 0. The second-order valence-electron chi connectivity index (χ2n) is 6.08. The highest BCUT2D eigenvalue weighted by molar-refractivity contribution is 5.94. The number of nitrogens with one attached hydrogen (secondary N) is 2. The number of nitrogens with zero attached hydrogens (tertiary/aromatic N) is 3. The lowest BCUT2D eigenvalue weighted by molar-refractivity contribution is -0.116. The zero-order chi connectivity index (χ0) is 17.6. The standard InChI is InChI=1S/C18H21N5O2/c1-2-16(24)19-10-13-5-7-14(8-6-13)18(25)23-9-3-4-15(11-23)17-20-12-21-22-17/h2,5-8,12,15H,1,3-4,9-11H2,(H,19,24)(H,20,21,22). The Labute approximate surface area is 146 Å². The maximum atomic E-state index is 12.7. The van der Waals surface area contributed by atoms with Crippen molar-refractivity contribution < 1.29 is 9.59 Å². The summed E-state index contributed by atoms with van der Waals surface area (Å²) in [6, 6.07) is 7.31. The molecule has 0 radical (unpaired) electrons. The van der Waals surface area contributed by atoms with E-state index in [1.807, 2.05) is 17.0 Å². The summed E-state index contributed by atoms with van der Waals surface area (Å²) in [5.74, 6) is 0.845. The normalized spacial score (nSPS) is 17.1. The minimum absolute atomic E-state index is 0.0193. The number of rotatable bonds is 5. The van der Waals surface area contributed by atoms with Crippen molar-refractivity contribution in [2.24, 2.45) is 0 Å². The molecule has 2 heterocycles. The third-order valence-electron chi connectivity index (χ3n) is 4.38. The number of aromatic amines is 1. The van der Waals surface area contributed by atoms with Crippen LogP contribution >= 0.6 is 0 Å². The Bertz CT molecular complexity index is 739. The number of H-pyrrole nitrogens is 1. The molecule has 130 valence electrons. The van der Waals surface area contributed by atoms with E-state index in [-0.39, 0.29) is 17.7 Å². The first-order valence-electron chi connectivity index (χ1n) is 8.31. The summed E-state index contributed by atoms with van der Waals surface area (Å²) < 4.78 is 0. The van der Waals surface area contributed by atoms with Gasteiger partial charge in [0.25, 0.3) is 5.91 Å². The van der Waals surface area contributed by atoms with Crippen molar-refractivity contribution in [2.45, 2.75) is 25.3 Å². The number of hydrogen-bond donors (Lipinski definition) is 2. The average Bonchev–Trinajstić information content (AvgIpc) is 3.21. The van der Waals surface area contributed by atoms with Crippen LogP contribution in [0, 0.1) is 0 Å². The second kappa shape index (κ2) is 7.74. The molecule has 1 unspecified atom stereocenters. The summed E-state index contributed by atoms with van der Waals surface area (Å²) in [4.78, 5) is 30.0. The molecular formula is C18H21N5O2. The van der Waals surface area contributed by atoms with Crippen LogP contribution < -0.4 is 5.32 Å². The minimum atomic E-state index is -0.216. The summed E-state index contributed by atoms with van der Waals surface area (Å²) in [5.41, 5.74) is 1.59. The van der Waals surface area contributed by atoms with Gasteiger partial charge in [-0.25, -0.2) is 4.98 Å². The van der Waals surface area contributed by atoms with Gasteiger partial charge in [-0.3, -0.25) is 14.7 Å². The molecule has 7 nitrogen and oxygen atoms in total. The lowest BCUT2D eigenvalue weighted by Gasteiger charge is -2.31. The van der Waals surface area contributed by atoms with Crippen LogP contribution in [0.3, 0.4) is 0 Å². The Morgan fingerprint density at radius 1 is 1.36 bits per heavy atom. The third-order valence-corrected chi connectivity index (χ3v) is 4.38. The van der Waals surface area contributed by atoms with Gasteiger partial charge in [0.1, 0.15) is 12.2 Å². The van der Waals surface area contributed by atoms with E-state index >= 15 is 0 Å². The number of carbonyl (C=O) groups excluding carboxylic acids is 2. The zero-order valence-corrected chi connectivity index (χ0v) is 13.9. The van der Waals surface area contributed by atoms with Crippen molar-refractivity contribution in [3.05, 3.63) is 60.2 Å². The van der Waals surface area contributed by atoms with E-state index in [1.165, 1.54) is 12.4 Å². The summed E-state index contributed by atoms with van der Waals surface area (Å²) in [5, 5.41) is 9.51. The van der Waals surface area contributed by atoms with Crippen LogP contribution in [0.1, 0.15) is 40.5 Å². The predicted octanol–water partition coefficient (Wildman–Crippen LogP) is 1.63. The Balaban J connectivity index is 1.62. The van der Waals surface area contributed by atoms with E-state index < -0.39 is 0 Å². The number of likely N-dealkylation sites (tertiary alicyclic amines) is 1. The zero-order valence-electron chi connectivity index (χ0n) is 13.9. The van der Waals surface area contributed by atoms with E-state index in [9.17, 15) is 9.59 Å². The predicted molar refractivity (Wildman–Crippen MR) is 92.7 cm³/mol. The van der Waals surface area contributed by atoms with Gasteiger partial charge in [-0.2, -0.15) is 5.10 Å². The molecule has 1 atom stereocenters. The lowest BCUT2D eigenvalue weighted by Crippen LogP contribution is -2.39. The van der Waals surface area contributed by atoms with Crippen LogP contribution in [0.25, 0.3) is 0 Å². The molecule has 1 aromatic carbocycles. The number of piperidine rings is 1. The van der Waals surface area contributed by atoms with Crippen molar-refractivity contribution in [1.82, 2.24) is 25.4 Å². The molecule has 1 saturated heterocycles. The van der Waals surface area contributed by atoms with Gasteiger partial charge in [0.15, 0.2) is 0 Å². The number of benzene rings is 1. The molecule has 1 fully saturated rings. The van der Waals surface area contributed by atoms with E-state index in [2.05, 4.69) is 27.1 Å². The second-order valence-corrected chi connectivity index (χ2v) is 6.08. The quantitative estimate of drug-likeness (QED) is 0.810. The first-order valence-corrected chi connectivity index (χ1v) is 8.31. The smallest absolute Gasteiger partial charge is 0.253 e. The number of aromatic nitrogens is 3. The Morgan fingerprint density at radius 2 is 2.16 bits per heavy atom. The molecule has 3 rings (SSSR count). The fourth-order valence-corrected chi connectivity index (χ4v) is 3.01. The topological polar surface area (TPSA) is 91.0 Å². The maximum absolute atomic E-state index is 12.7. The highest BCUT2D eigenvalue weighted by atomic mass is 16.2. The molecule has 1 aromatic heterocycles. The van der Waals surface area contributed by atoms with Gasteiger partial charge in [0.2, 0.25) is 5.91 Å². The van der Waals surface area contributed by atoms with Crippen LogP contribution in [0.4, 0.5) is 0 Å². The van der Waals surface area contributed by atoms with E-state index in [0.717, 1.165) is 30.8 Å². The van der Waals surface area contributed by atoms with Gasteiger partial charge in [0, 0.05) is 31.1 Å². The monoisotopic (exact) mass is 339 g/mol. The van der Waals surface area contributed by atoms with Crippen LogP contribution in [-0.2, 0) is 11.3 Å². The highest BCUT2D eigenvalue weighted by Gasteiger charge is 2.26. The molecule has 0 bridgehead atoms.